The molecule has 0 aliphatic heterocycles. The Morgan fingerprint density at radius 3 is 2.00 bits per heavy atom. The molecule has 0 amide bonds. The van der Waals surface area contributed by atoms with Crippen LogP contribution in [0.4, 0.5) is 0 Å². The van der Waals surface area contributed by atoms with Gasteiger partial charge in [0.1, 0.15) is 0 Å². The predicted molar refractivity (Wildman–Crippen MR) is 64.2 cm³/mol. The highest BCUT2D eigenvalue weighted by molar-refractivity contribution is 6.77. The van der Waals surface area contributed by atoms with E-state index in [4.69, 9.17) is 0 Å². The summed E-state index contributed by atoms with van der Waals surface area (Å²) in [7, 11) is -1.26. The molecule has 1 N–H and O–H groups in total. The highest BCUT2D eigenvalue weighted by Gasteiger charge is 2.29. The molecule has 14 heavy (non-hydrogen) atoms. The average Bonchev–Trinajstić information content (AvgIpc) is 2.15. The average molecular weight is 208 g/mol. The second kappa shape index (κ2) is 4.28. The molecule has 1 aromatic carbocycles. The molecule has 1 aromatic rings. The first-order valence-electron chi connectivity index (χ1n) is 5.16. The lowest BCUT2D eigenvalue weighted by Gasteiger charge is -2.29. The van der Waals surface area contributed by atoms with Crippen molar-refractivity contribution in [2.24, 2.45) is 0 Å². The monoisotopic (exact) mass is 208 g/mol. The normalized spacial score (nSPS) is 16.4. The van der Waals surface area contributed by atoms with Crippen molar-refractivity contribution in [1.82, 2.24) is 0 Å². The van der Waals surface area contributed by atoms with Crippen molar-refractivity contribution in [3.8, 4) is 0 Å². The fourth-order valence-corrected chi connectivity index (χ4v) is 2.55. The molecule has 0 heterocycles. The van der Waals surface area contributed by atoms with E-state index in [-0.39, 0.29) is 6.10 Å². The summed E-state index contributed by atoms with van der Waals surface area (Å²) in [5.74, 6) is 0. The van der Waals surface area contributed by atoms with E-state index < -0.39 is 8.07 Å². The zero-order valence-corrected chi connectivity index (χ0v) is 10.5. The molecular formula is C12H20OSi. The van der Waals surface area contributed by atoms with Crippen LogP contribution in [0.15, 0.2) is 30.3 Å². The molecule has 0 saturated heterocycles. The Kier molecular flexibility index (Phi) is 3.51. The van der Waals surface area contributed by atoms with Gasteiger partial charge in [0.25, 0.3) is 0 Å². The Morgan fingerprint density at radius 2 is 1.57 bits per heavy atom. The van der Waals surface area contributed by atoms with Crippen LogP contribution in [0.1, 0.15) is 18.6 Å². The molecule has 2 atom stereocenters. The Bertz CT molecular complexity index is 276. The summed E-state index contributed by atoms with van der Waals surface area (Å²) in [6, 6.07) is 9.95. The predicted octanol–water partition coefficient (Wildman–Crippen LogP) is 3.45. The maximum absolute atomic E-state index is 10.2. The standard InChI is InChI=1S/C12H20OSi/c1-10(14(2,3)4)12(13)11-8-6-5-7-9-11/h5-10,12-13H,1-4H3. The Morgan fingerprint density at radius 1 is 1.07 bits per heavy atom. The van der Waals surface area contributed by atoms with E-state index in [0.29, 0.717) is 5.54 Å². The number of benzene rings is 1. The van der Waals surface area contributed by atoms with Crippen LogP contribution in [0, 0.1) is 0 Å². The van der Waals surface area contributed by atoms with Crippen LogP contribution >= 0.6 is 0 Å². The third-order valence-electron chi connectivity index (χ3n) is 2.98. The van der Waals surface area contributed by atoms with Gasteiger partial charge in [-0.2, -0.15) is 0 Å². The molecule has 0 aliphatic rings. The van der Waals surface area contributed by atoms with Crippen molar-refractivity contribution < 1.29 is 5.11 Å². The van der Waals surface area contributed by atoms with Crippen molar-refractivity contribution in [2.75, 3.05) is 0 Å². The van der Waals surface area contributed by atoms with E-state index in [1.54, 1.807) is 0 Å². The van der Waals surface area contributed by atoms with E-state index >= 15 is 0 Å². The number of rotatable bonds is 3. The van der Waals surface area contributed by atoms with Gasteiger partial charge in [-0.3, -0.25) is 0 Å². The van der Waals surface area contributed by atoms with Gasteiger partial charge in [-0.15, -0.1) is 0 Å². The molecule has 2 unspecified atom stereocenters. The maximum Gasteiger partial charge on any atom is 0.0792 e. The SMILES string of the molecule is CC(C(O)c1ccccc1)[Si](C)(C)C. The molecule has 78 valence electrons. The molecular weight excluding hydrogens is 188 g/mol. The van der Waals surface area contributed by atoms with Gasteiger partial charge in [-0.05, 0) is 11.1 Å². The first-order valence-corrected chi connectivity index (χ1v) is 8.73. The third kappa shape index (κ3) is 2.69. The zero-order chi connectivity index (χ0) is 10.8. The minimum absolute atomic E-state index is 0.303. The van der Waals surface area contributed by atoms with Gasteiger partial charge in [-0.25, -0.2) is 0 Å². The third-order valence-corrected chi connectivity index (χ3v) is 6.03. The van der Waals surface area contributed by atoms with E-state index in [2.05, 4.69) is 26.6 Å². The number of aliphatic hydroxyl groups is 1. The van der Waals surface area contributed by atoms with E-state index in [9.17, 15) is 5.11 Å². The van der Waals surface area contributed by atoms with Crippen molar-refractivity contribution in [2.45, 2.75) is 38.2 Å². The molecule has 1 nitrogen and oxygen atoms in total. The van der Waals surface area contributed by atoms with Crippen LogP contribution in [-0.2, 0) is 0 Å². The molecule has 0 spiro atoms. The quantitative estimate of drug-likeness (QED) is 0.754. The molecule has 1 rings (SSSR count). The smallest absolute Gasteiger partial charge is 0.0792 e. The van der Waals surface area contributed by atoms with Gasteiger partial charge in [0.2, 0.25) is 0 Å². The van der Waals surface area contributed by atoms with E-state index in [1.807, 2.05) is 30.3 Å². The Balaban J connectivity index is 2.81. The van der Waals surface area contributed by atoms with Crippen LogP contribution in [0.3, 0.4) is 0 Å². The minimum Gasteiger partial charge on any atom is -0.388 e. The van der Waals surface area contributed by atoms with Crippen molar-refractivity contribution in [3.63, 3.8) is 0 Å². The topological polar surface area (TPSA) is 20.2 Å². The summed E-state index contributed by atoms with van der Waals surface area (Å²) in [5, 5.41) is 10.2. The Labute approximate surface area is 87.8 Å². The van der Waals surface area contributed by atoms with Gasteiger partial charge in [-0.1, -0.05) is 56.9 Å². The summed E-state index contributed by atoms with van der Waals surface area (Å²) in [6.45, 7) is 9.04. The molecule has 2 heteroatoms. The number of hydrogen-bond donors (Lipinski definition) is 1. The molecule has 0 aliphatic carbocycles. The zero-order valence-electron chi connectivity index (χ0n) is 9.49. The van der Waals surface area contributed by atoms with Crippen LogP contribution in [0.2, 0.25) is 25.2 Å². The van der Waals surface area contributed by atoms with Crippen LogP contribution < -0.4 is 0 Å². The molecule has 0 aromatic heterocycles. The first-order chi connectivity index (χ1) is 6.43. The minimum atomic E-state index is -1.26. The van der Waals surface area contributed by atoms with Gasteiger partial charge < -0.3 is 5.11 Å². The molecule has 0 fully saturated rings. The lowest BCUT2D eigenvalue weighted by atomic mass is 10.1. The lowest BCUT2D eigenvalue weighted by molar-refractivity contribution is 0.171. The van der Waals surface area contributed by atoms with Crippen LogP contribution in [-0.4, -0.2) is 13.2 Å². The molecule has 0 saturated carbocycles. The van der Waals surface area contributed by atoms with Gasteiger partial charge in [0, 0.05) is 0 Å². The second-order valence-corrected chi connectivity index (χ2v) is 10.7. The van der Waals surface area contributed by atoms with Crippen molar-refractivity contribution >= 4 is 8.07 Å². The number of aliphatic hydroxyl groups excluding tert-OH is 1. The summed E-state index contributed by atoms with van der Waals surface area (Å²) < 4.78 is 0. The second-order valence-electron chi connectivity index (χ2n) is 5.01. The Hall–Kier alpha value is -0.603. The van der Waals surface area contributed by atoms with Gasteiger partial charge >= 0.3 is 0 Å². The van der Waals surface area contributed by atoms with Crippen molar-refractivity contribution in [1.29, 1.82) is 0 Å². The van der Waals surface area contributed by atoms with Crippen LogP contribution in [0.25, 0.3) is 0 Å². The first kappa shape index (κ1) is 11.5. The van der Waals surface area contributed by atoms with E-state index in [0.717, 1.165) is 5.56 Å². The maximum atomic E-state index is 10.2. The molecule has 0 radical (unpaired) electrons. The summed E-state index contributed by atoms with van der Waals surface area (Å²) in [4.78, 5) is 0. The number of hydrogen-bond acceptors (Lipinski definition) is 1. The summed E-state index contributed by atoms with van der Waals surface area (Å²) in [5.41, 5.74) is 1.44. The highest BCUT2D eigenvalue weighted by atomic mass is 28.3. The fraction of sp³-hybridized carbons (Fsp3) is 0.500. The highest BCUT2D eigenvalue weighted by Crippen LogP contribution is 2.34. The van der Waals surface area contributed by atoms with Gasteiger partial charge in [0.05, 0.1) is 14.2 Å². The van der Waals surface area contributed by atoms with Crippen LogP contribution in [0.5, 0.6) is 0 Å². The largest absolute Gasteiger partial charge is 0.388 e. The van der Waals surface area contributed by atoms with E-state index in [1.165, 1.54) is 0 Å². The fourth-order valence-electron chi connectivity index (χ4n) is 1.41. The lowest BCUT2D eigenvalue weighted by Crippen LogP contribution is -2.30. The van der Waals surface area contributed by atoms with Crippen molar-refractivity contribution in [3.05, 3.63) is 35.9 Å². The summed E-state index contributed by atoms with van der Waals surface area (Å²) >= 11 is 0. The summed E-state index contributed by atoms with van der Waals surface area (Å²) in [6.07, 6.45) is -0.303. The van der Waals surface area contributed by atoms with Gasteiger partial charge in [0.15, 0.2) is 0 Å². The molecule has 0 bridgehead atoms.